The van der Waals surface area contributed by atoms with Gasteiger partial charge in [-0.1, -0.05) is 13.3 Å². The second kappa shape index (κ2) is 5.10. The summed E-state index contributed by atoms with van der Waals surface area (Å²) in [5.41, 5.74) is 0. The summed E-state index contributed by atoms with van der Waals surface area (Å²) in [5.74, 6) is 0. The van der Waals surface area contributed by atoms with Gasteiger partial charge in [0.05, 0.1) is 0 Å². The molecule has 0 aliphatic carbocycles. The first-order valence-corrected chi connectivity index (χ1v) is 6.07. The fourth-order valence-electron chi connectivity index (χ4n) is 2.27. The number of rotatable bonds is 4. The zero-order chi connectivity index (χ0) is 9.80. The molecular formula is C11H23N3. The zero-order valence-corrected chi connectivity index (χ0v) is 9.34. The van der Waals surface area contributed by atoms with Crippen molar-refractivity contribution >= 4 is 0 Å². The zero-order valence-electron chi connectivity index (χ0n) is 9.34. The molecule has 0 aromatic carbocycles. The minimum Gasteiger partial charge on any atom is -0.314 e. The molecule has 0 aromatic rings. The maximum atomic E-state index is 3.35. The highest BCUT2D eigenvalue weighted by molar-refractivity contribution is 4.87. The highest BCUT2D eigenvalue weighted by Gasteiger charge is 2.27. The highest BCUT2D eigenvalue weighted by Crippen LogP contribution is 2.09. The molecule has 3 nitrogen and oxygen atoms in total. The van der Waals surface area contributed by atoms with Gasteiger partial charge in [-0.2, -0.15) is 0 Å². The third-order valence-electron chi connectivity index (χ3n) is 3.51. The molecule has 2 aliphatic rings. The van der Waals surface area contributed by atoms with Gasteiger partial charge in [-0.3, -0.25) is 4.90 Å². The number of hydrogen-bond acceptors (Lipinski definition) is 3. The number of hydrogen-bond donors (Lipinski definition) is 1. The van der Waals surface area contributed by atoms with Crippen LogP contribution in [-0.4, -0.2) is 61.7 Å². The van der Waals surface area contributed by atoms with Crippen LogP contribution in [0.15, 0.2) is 0 Å². The molecule has 82 valence electrons. The van der Waals surface area contributed by atoms with E-state index in [0.29, 0.717) is 0 Å². The van der Waals surface area contributed by atoms with Crippen LogP contribution in [-0.2, 0) is 0 Å². The maximum Gasteiger partial charge on any atom is 0.0346 e. The molecule has 0 radical (unpaired) electrons. The van der Waals surface area contributed by atoms with Crippen molar-refractivity contribution in [3.63, 3.8) is 0 Å². The van der Waals surface area contributed by atoms with Gasteiger partial charge in [0.1, 0.15) is 0 Å². The lowest BCUT2D eigenvalue weighted by molar-refractivity contribution is 0.0723. The number of unbranched alkanes of at least 4 members (excludes halogenated alkanes) is 1. The SMILES string of the molecule is CCCCN1CCN(C2CNC2)CC1. The molecule has 1 N–H and O–H groups in total. The smallest absolute Gasteiger partial charge is 0.0346 e. The van der Waals surface area contributed by atoms with Crippen LogP contribution in [0.2, 0.25) is 0 Å². The molecule has 2 fully saturated rings. The summed E-state index contributed by atoms with van der Waals surface area (Å²) in [7, 11) is 0. The summed E-state index contributed by atoms with van der Waals surface area (Å²) in [6, 6.07) is 0.850. The average Bonchev–Trinajstić information content (AvgIpc) is 2.14. The number of piperazine rings is 1. The van der Waals surface area contributed by atoms with E-state index in [-0.39, 0.29) is 0 Å². The number of nitrogens with zero attached hydrogens (tertiary/aromatic N) is 2. The van der Waals surface area contributed by atoms with Crippen molar-refractivity contribution in [1.82, 2.24) is 15.1 Å². The summed E-state index contributed by atoms with van der Waals surface area (Å²) in [6.45, 7) is 11.2. The normalized spacial score (nSPS) is 26.4. The largest absolute Gasteiger partial charge is 0.314 e. The minimum atomic E-state index is 0.850. The van der Waals surface area contributed by atoms with Crippen LogP contribution in [0.3, 0.4) is 0 Å². The van der Waals surface area contributed by atoms with Crippen LogP contribution in [0.25, 0.3) is 0 Å². The van der Waals surface area contributed by atoms with E-state index in [1.54, 1.807) is 0 Å². The standard InChI is InChI=1S/C11H23N3/c1-2-3-4-13-5-7-14(8-6-13)11-9-12-10-11/h11-12H,2-10H2,1H3. The Bertz CT molecular complexity index is 160. The van der Waals surface area contributed by atoms with Crippen LogP contribution in [0, 0.1) is 0 Å². The molecule has 2 heterocycles. The quantitative estimate of drug-likeness (QED) is 0.703. The van der Waals surface area contributed by atoms with Crippen LogP contribution in [0.4, 0.5) is 0 Å². The molecule has 0 atom stereocenters. The highest BCUT2D eigenvalue weighted by atomic mass is 15.3. The third-order valence-corrected chi connectivity index (χ3v) is 3.51. The molecule has 2 aliphatic heterocycles. The van der Waals surface area contributed by atoms with Gasteiger partial charge in [-0.15, -0.1) is 0 Å². The Morgan fingerprint density at radius 3 is 2.36 bits per heavy atom. The molecule has 2 saturated heterocycles. The molecule has 0 bridgehead atoms. The second-order valence-electron chi connectivity index (χ2n) is 4.54. The van der Waals surface area contributed by atoms with Crippen molar-refractivity contribution in [3.05, 3.63) is 0 Å². The van der Waals surface area contributed by atoms with Crippen molar-refractivity contribution in [2.45, 2.75) is 25.8 Å². The van der Waals surface area contributed by atoms with Crippen molar-refractivity contribution in [2.75, 3.05) is 45.8 Å². The Balaban J connectivity index is 1.64. The van der Waals surface area contributed by atoms with E-state index in [9.17, 15) is 0 Å². The van der Waals surface area contributed by atoms with Gasteiger partial charge in [0.25, 0.3) is 0 Å². The Labute approximate surface area is 87.4 Å². The van der Waals surface area contributed by atoms with E-state index in [0.717, 1.165) is 6.04 Å². The van der Waals surface area contributed by atoms with Crippen LogP contribution in [0.1, 0.15) is 19.8 Å². The van der Waals surface area contributed by atoms with Gasteiger partial charge in [0.15, 0.2) is 0 Å². The summed E-state index contributed by atoms with van der Waals surface area (Å²) in [5, 5.41) is 3.35. The van der Waals surface area contributed by atoms with E-state index in [1.807, 2.05) is 0 Å². The minimum absolute atomic E-state index is 0.850. The Kier molecular flexibility index (Phi) is 3.79. The predicted octanol–water partition coefficient (Wildman–Crippen LogP) is 0.376. The molecule has 3 heteroatoms. The van der Waals surface area contributed by atoms with Gasteiger partial charge in [0, 0.05) is 45.3 Å². The van der Waals surface area contributed by atoms with E-state index < -0.39 is 0 Å². The van der Waals surface area contributed by atoms with Crippen molar-refractivity contribution < 1.29 is 0 Å². The molecule has 14 heavy (non-hydrogen) atoms. The van der Waals surface area contributed by atoms with E-state index >= 15 is 0 Å². The average molecular weight is 197 g/mol. The van der Waals surface area contributed by atoms with E-state index in [4.69, 9.17) is 0 Å². The lowest BCUT2D eigenvalue weighted by atomic mass is 10.1. The van der Waals surface area contributed by atoms with Gasteiger partial charge in [-0.25, -0.2) is 0 Å². The first kappa shape index (κ1) is 10.4. The number of nitrogens with one attached hydrogen (secondary N) is 1. The van der Waals surface area contributed by atoms with Crippen molar-refractivity contribution in [1.29, 1.82) is 0 Å². The topological polar surface area (TPSA) is 18.5 Å². The summed E-state index contributed by atoms with van der Waals surface area (Å²) in [4.78, 5) is 5.27. The first-order valence-electron chi connectivity index (χ1n) is 6.07. The van der Waals surface area contributed by atoms with Crippen LogP contribution >= 0.6 is 0 Å². The molecule has 2 rings (SSSR count). The monoisotopic (exact) mass is 197 g/mol. The Hall–Kier alpha value is -0.120. The molecule has 0 unspecified atom stereocenters. The summed E-state index contributed by atoms with van der Waals surface area (Å²) >= 11 is 0. The Morgan fingerprint density at radius 2 is 1.86 bits per heavy atom. The molecule has 0 amide bonds. The van der Waals surface area contributed by atoms with Crippen molar-refractivity contribution in [2.24, 2.45) is 0 Å². The van der Waals surface area contributed by atoms with E-state index in [1.165, 1.54) is 58.7 Å². The van der Waals surface area contributed by atoms with Gasteiger partial charge in [0.2, 0.25) is 0 Å². The maximum absolute atomic E-state index is 3.35. The van der Waals surface area contributed by atoms with Gasteiger partial charge < -0.3 is 10.2 Å². The molecule has 0 saturated carbocycles. The Morgan fingerprint density at radius 1 is 1.14 bits per heavy atom. The fraction of sp³-hybridized carbons (Fsp3) is 1.00. The third kappa shape index (κ3) is 2.47. The lowest BCUT2D eigenvalue weighted by Gasteiger charge is -2.43. The first-order chi connectivity index (χ1) is 6.90. The molecule has 0 spiro atoms. The fourth-order valence-corrected chi connectivity index (χ4v) is 2.27. The summed E-state index contributed by atoms with van der Waals surface area (Å²) in [6.07, 6.45) is 2.69. The molecular weight excluding hydrogens is 174 g/mol. The van der Waals surface area contributed by atoms with Gasteiger partial charge >= 0.3 is 0 Å². The van der Waals surface area contributed by atoms with E-state index in [2.05, 4.69) is 22.0 Å². The molecule has 0 aromatic heterocycles. The van der Waals surface area contributed by atoms with Crippen molar-refractivity contribution in [3.8, 4) is 0 Å². The second-order valence-corrected chi connectivity index (χ2v) is 4.54. The summed E-state index contributed by atoms with van der Waals surface area (Å²) < 4.78 is 0. The van der Waals surface area contributed by atoms with Gasteiger partial charge in [-0.05, 0) is 13.0 Å². The van der Waals surface area contributed by atoms with Crippen LogP contribution in [0.5, 0.6) is 0 Å². The predicted molar refractivity (Wildman–Crippen MR) is 59.6 cm³/mol. The van der Waals surface area contributed by atoms with Crippen LogP contribution < -0.4 is 5.32 Å². The lowest BCUT2D eigenvalue weighted by Crippen LogP contribution is -2.61.